The predicted molar refractivity (Wildman–Crippen MR) is 92.4 cm³/mol. The van der Waals surface area contributed by atoms with E-state index in [9.17, 15) is 5.11 Å². The summed E-state index contributed by atoms with van der Waals surface area (Å²) in [6.07, 6.45) is 11.8. The summed E-state index contributed by atoms with van der Waals surface area (Å²) in [5, 5.41) is 15.1. The molecule has 0 saturated heterocycles. The molecule has 124 valence electrons. The number of aromatic nitrogens is 1. The highest BCUT2D eigenvalue weighted by Gasteiger charge is 2.25. The molecule has 2 aliphatic rings. The molecule has 3 rings (SSSR count). The first kappa shape index (κ1) is 16.4. The van der Waals surface area contributed by atoms with Crippen molar-refractivity contribution < 1.29 is 5.11 Å². The first-order valence-corrected chi connectivity index (χ1v) is 9.99. The second-order valence-electron chi connectivity index (χ2n) is 6.93. The number of aliphatic hydroxyl groups excluding tert-OH is 1. The van der Waals surface area contributed by atoms with E-state index in [1.54, 1.807) is 0 Å². The van der Waals surface area contributed by atoms with Gasteiger partial charge in [0.2, 0.25) is 0 Å². The minimum Gasteiger partial charge on any atom is -0.393 e. The summed E-state index contributed by atoms with van der Waals surface area (Å²) < 4.78 is 0. The monoisotopic (exact) mass is 322 g/mol. The number of rotatable bonds is 6. The number of hydrogen-bond donors (Lipinski definition) is 2. The van der Waals surface area contributed by atoms with Gasteiger partial charge in [0, 0.05) is 10.9 Å². The van der Waals surface area contributed by atoms with Crippen molar-refractivity contribution in [1.82, 2.24) is 10.3 Å². The summed E-state index contributed by atoms with van der Waals surface area (Å²) in [7, 11) is 0. The Morgan fingerprint density at radius 3 is 2.91 bits per heavy atom. The van der Waals surface area contributed by atoms with Crippen molar-refractivity contribution >= 4 is 11.3 Å². The number of hydrogen-bond acceptors (Lipinski definition) is 4. The SMILES string of the molecule is CCc1nc2c(s1)C(NCCCC1CCCCC1O)CCC2. The lowest BCUT2D eigenvalue weighted by Gasteiger charge is -2.28. The Labute approximate surface area is 138 Å². The molecule has 1 fully saturated rings. The Morgan fingerprint density at radius 2 is 2.09 bits per heavy atom. The molecular weight excluding hydrogens is 292 g/mol. The van der Waals surface area contributed by atoms with Gasteiger partial charge in [-0.05, 0) is 63.8 Å². The van der Waals surface area contributed by atoms with Crippen LogP contribution in [0.15, 0.2) is 0 Å². The van der Waals surface area contributed by atoms with Crippen LogP contribution >= 0.6 is 11.3 Å². The Hall–Kier alpha value is -0.450. The van der Waals surface area contributed by atoms with Crippen LogP contribution in [0, 0.1) is 5.92 Å². The van der Waals surface area contributed by atoms with Crippen molar-refractivity contribution in [2.75, 3.05) is 6.54 Å². The van der Waals surface area contributed by atoms with Crippen LogP contribution in [-0.2, 0) is 12.8 Å². The first-order chi connectivity index (χ1) is 10.8. The van der Waals surface area contributed by atoms with Gasteiger partial charge in [0.15, 0.2) is 0 Å². The van der Waals surface area contributed by atoms with E-state index in [0.29, 0.717) is 12.0 Å². The van der Waals surface area contributed by atoms with Crippen molar-refractivity contribution in [3.05, 3.63) is 15.6 Å². The molecule has 1 heterocycles. The van der Waals surface area contributed by atoms with E-state index < -0.39 is 0 Å². The number of aliphatic hydroxyl groups is 1. The number of thiazole rings is 1. The Bertz CT molecular complexity index is 474. The minimum atomic E-state index is -0.0383. The highest BCUT2D eigenvalue weighted by atomic mass is 32.1. The Kier molecular flexibility index (Phi) is 5.89. The second kappa shape index (κ2) is 7.89. The lowest BCUT2D eigenvalue weighted by atomic mass is 9.83. The molecule has 0 aromatic carbocycles. The van der Waals surface area contributed by atoms with Gasteiger partial charge in [-0.25, -0.2) is 4.98 Å². The molecule has 0 radical (unpaired) electrons. The maximum atomic E-state index is 10.1. The third kappa shape index (κ3) is 3.90. The van der Waals surface area contributed by atoms with Gasteiger partial charge in [-0.2, -0.15) is 0 Å². The summed E-state index contributed by atoms with van der Waals surface area (Å²) in [5.74, 6) is 0.549. The van der Waals surface area contributed by atoms with Gasteiger partial charge in [-0.3, -0.25) is 0 Å². The van der Waals surface area contributed by atoms with E-state index in [2.05, 4.69) is 12.2 Å². The highest BCUT2D eigenvalue weighted by molar-refractivity contribution is 7.11. The quantitative estimate of drug-likeness (QED) is 0.778. The van der Waals surface area contributed by atoms with Crippen LogP contribution < -0.4 is 5.32 Å². The topological polar surface area (TPSA) is 45.2 Å². The van der Waals surface area contributed by atoms with Crippen LogP contribution in [-0.4, -0.2) is 22.7 Å². The zero-order valence-corrected chi connectivity index (χ0v) is 14.6. The van der Waals surface area contributed by atoms with Crippen LogP contribution in [0.4, 0.5) is 0 Å². The van der Waals surface area contributed by atoms with Gasteiger partial charge >= 0.3 is 0 Å². The van der Waals surface area contributed by atoms with E-state index in [0.717, 1.165) is 25.8 Å². The first-order valence-electron chi connectivity index (χ1n) is 9.18. The Balaban J connectivity index is 1.45. The van der Waals surface area contributed by atoms with Gasteiger partial charge in [-0.1, -0.05) is 19.8 Å². The highest BCUT2D eigenvalue weighted by Crippen LogP contribution is 2.34. The molecule has 0 aliphatic heterocycles. The lowest BCUT2D eigenvalue weighted by molar-refractivity contribution is 0.0642. The largest absolute Gasteiger partial charge is 0.393 e. The molecule has 3 atom stereocenters. The molecular formula is C18H30N2OS. The molecule has 1 aromatic rings. The van der Waals surface area contributed by atoms with E-state index in [1.165, 1.54) is 60.5 Å². The van der Waals surface area contributed by atoms with Gasteiger partial charge in [-0.15, -0.1) is 11.3 Å². The second-order valence-corrected chi connectivity index (χ2v) is 8.04. The molecule has 0 amide bonds. The number of nitrogens with one attached hydrogen (secondary N) is 1. The van der Waals surface area contributed by atoms with Crippen molar-refractivity contribution in [3.8, 4) is 0 Å². The third-order valence-electron chi connectivity index (χ3n) is 5.31. The van der Waals surface area contributed by atoms with E-state index in [1.807, 2.05) is 11.3 Å². The fraction of sp³-hybridized carbons (Fsp3) is 0.833. The van der Waals surface area contributed by atoms with Crippen LogP contribution in [0.2, 0.25) is 0 Å². The molecule has 0 spiro atoms. The molecule has 3 nitrogen and oxygen atoms in total. The number of nitrogens with zero attached hydrogens (tertiary/aromatic N) is 1. The van der Waals surface area contributed by atoms with Gasteiger partial charge in [0.05, 0.1) is 16.8 Å². The third-order valence-corrected chi connectivity index (χ3v) is 6.66. The molecule has 1 saturated carbocycles. The summed E-state index contributed by atoms with van der Waals surface area (Å²) in [5.41, 5.74) is 1.35. The van der Waals surface area contributed by atoms with Gasteiger partial charge < -0.3 is 10.4 Å². The maximum Gasteiger partial charge on any atom is 0.0928 e. The lowest BCUT2D eigenvalue weighted by Crippen LogP contribution is -2.28. The summed E-state index contributed by atoms with van der Waals surface area (Å²) in [4.78, 5) is 6.28. The predicted octanol–water partition coefficient (Wildman–Crippen LogP) is 4.00. The zero-order valence-electron chi connectivity index (χ0n) is 13.8. The van der Waals surface area contributed by atoms with Crippen molar-refractivity contribution in [2.45, 2.75) is 83.3 Å². The minimum absolute atomic E-state index is 0.0383. The van der Waals surface area contributed by atoms with Crippen LogP contribution in [0.5, 0.6) is 0 Å². The summed E-state index contributed by atoms with van der Waals surface area (Å²) in [6.45, 7) is 3.27. The fourth-order valence-corrected chi connectivity index (χ4v) is 5.14. The molecule has 2 aliphatic carbocycles. The average molecular weight is 323 g/mol. The van der Waals surface area contributed by atoms with Crippen molar-refractivity contribution in [3.63, 3.8) is 0 Å². The fourth-order valence-electron chi connectivity index (χ4n) is 3.98. The number of aryl methyl sites for hydroxylation is 2. The molecule has 1 aromatic heterocycles. The smallest absolute Gasteiger partial charge is 0.0928 e. The molecule has 4 heteroatoms. The standard InChI is InChI=1S/C18H30N2OS/c1-2-17-20-15-10-5-9-14(18(15)22-17)19-12-6-8-13-7-3-4-11-16(13)21/h13-14,16,19,21H,2-12H2,1H3. The average Bonchev–Trinajstić information content (AvgIpc) is 2.97. The van der Waals surface area contributed by atoms with Gasteiger partial charge in [0.1, 0.15) is 0 Å². The normalized spacial score (nSPS) is 28.5. The summed E-state index contributed by atoms with van der Waals surface area (Å²) >= 11 is 1.92. The zero-order chi connectivity index (χ0) is 15.4. The van der Waals surface area contributed by atoms with Crippen LogP contribution in [0.3, 0.4) is 0 Å². The van der Waals surface area contributed by atoms with Crippen molar-refractivity contribution in [2.24, 2.45) is 5.92 Å². The van der Waals surface area contributed by atoms with Crippen molar-refractivity contribution in [1.29, 1.82) is 0 Å². The molecule has 0 bridgehead atoms. The molecule has 22 heavy (non-hydrogen) atoms. The van der Waals surface area contributed by atoms with E-state index in [4.69, 9.17) is 4.98 Å². The van der Waals surface area contributed by atoms with E-state index >= 15 is 0 Å². The van der Waals surface area contributed by atoms with Crippen LogP contribution in [0.1, 0.15) is 79.9 Å². The maximum absolute atomic E-state index is 10.1. The summed E-state index contributed by atoms with van der Waals surface area (Å²) in [6, 6.07) is 0.526. The van der Waals surface area contributed by atoms with Crippen LogP contribution in [0.25, 0.3) is 0 Å². The molecule has 2 N–H and O–H groups in total. The number of fused-ring (bicyclic) bond motifs is 1. The van der Waals surface area contributed by atoms with E-state index in [-0.39, 0.29) is 6.10 Å². The van der Waals surface area contributed by atoms with Gasteiger partial charge in [0.25, 0.3) is 0 Å². The molecule has 3 unspecified atom stereocenters. The Morgan fingerprint density at radius 1 is 1.23 bits per heavy atom.